The van der Waals surface area contributed by atoms with E-state index in [0.29, 0.717) is 32.0 Å². The summed E-state index contributed by atoms with van der Waals surface area (Å²) in [6, 6.07) is 2.19. The predicted molar refractivity (Wildman–Crippen MR) is 99.0 cm³/mol. The number of anilines is 1. The Labute approximate surface area is 163 Å². The summed E-state index contributed by atoms with van der Waals surface area (Å²) in [6.07, 6.45) is 1.19. The molecular formula is C16H24F3N3O4S2. The van der Waals surface area contributed by atoms with Crippen molar-refractivity contribution in [1.82, 2.24) is 4.90 Å². The summed E-state index contributed by atoms with van der Waals surface area (Å²) in [4.78, 5) is 0.371. The van der Waals surface area contributed by atoms with Crippen LogP contribution in [0.25, 0.3) is 0 Å². The first-order valence-corrected chi connectivity index (χ1v) is 11.6. The van der Waals surface area contributed by atoms with Gasteiger partial charge in [0.2, 0.25) is 10.0 Å². The van der Waals surface area contributed by atoms with Crippen molar-refractivity contribution >= 4 is 25.5 Å². The summed E-state index contributed by atoms with van der Waals surface area (Å²) in [5.74, 6) is 0. The second-order valence-electron chi connectivity index (χ2n) is 7.73. The number of alkyl halides is 3. The van der Waals surface area contributed by atoms with E-state index in [1.807, 2.05) is 0 Å². The Hall–Kier alpha value is -1.37. The molecule has 7 nitrogen and oxygen atoms in total. The number of piperidine rings is 1. The van der Waals surface area contributed by atoms with Crippen LogP contribution in [0.5, 0.6) is 0 Å². The first kappa shape index (κ1) is 22.9. The summed E-state index contributed by atoms with van der Waals surface area (Å²) in [7, 11) is -10.1. The maximum Gasteiger partial charge on any atom is 0.501 e. The van der Waals surface area contributed by atoms with Crippen molar-refractivity contribution in [2.75, 3.05) is 18.4 Å². The summed E-state index contributed by atoms with van der Waals surface area (Å²) in [5.41, 5.74) is -5.91. The fourth-order valence-corrected chi connectivity index (χ4v) is 4.62. The number of nitrogens with two attached hydrogens (primary N) is 1. The van der Waals surface area contributed by atoms with Crippen LogP contribution in [0, 0.1) is 0 Å². The van der Waals surface area contributed by atoms with Crippen molar-refractivity contribution in [1.29, 1.82) is 0 Å². The maximum absolute atomic E-state index is 13.1. The molecule has 12 heteroatoms. The quantitative estimate of drug-likeness (QED) is 0.739. The van der Waals surface area contributed by atoms with Gasteiger partial charge in [0, 0.05) is 24.7 Å². The molecule has 0 aliphatic carbocycles. The third-order valence-corrected chi connectivity index (χ3v) is 7.12. The molecule has 0 aromatic heterocycles. The van der Waals surface area contributed by atoms with Crippen LogP contribution < -0.4 is 10.5 Å². The molecule has 1 aliphatic rings. The van der Waals surface area contributed by atoms with E-state index in [0.717, 1.165) is 12.1 Å². The monoisotopic (exact) mass is 443 g/mol. The largest absolute Gasteiger partial charge is 0.501 e. The van der Waals surface area contributed by atoms with E-state index in [2.05, 4.69) is 31.0 Å². The van der Waals surface area contributed by atoms with E-state index in [1.54, 1.807) is 0 Å². The summed E-state index contributed by atoms with van der Waals surface area (Å²) >= 11 is 0. The van der Waals surface area contributed by atoms with Crippen molar-refractivity contribution in [3.05, 3.63) is 18.2 Å². The lowest BCUT2D eigenvalue weighted by Gasteiger charge is -2.41. The average Bonchev–Trinajstić information content (AvgIpc) is 2.52. The molecule has 0 radical (unpaired) electrons. The third-order valence-electron chi connectivity index (χ3n) is 4.68. The van der Waals surface area contributed by atoms with Crippen molar-refractivity contribution in [3.8, 4) is 0 Å². The average molecular weight is 444 g/mol. The van der Waals surface area contributed by atoms with Gasteiger partial charge in [0.15, 0.2) is 0 Å². The number of likely N-dealkylation sites (tertiary alicyclic amines) is 1. The number of benzene rings is 1. The lowest BCUT2D eigenvalue weighted by Crippen LogP contribution is -2.48. The lowest BCUT2D eigenvalue weighted by atomic mass is 9.98. The highest BCUT2D eigenvalue weighted by Crippen LogP contribution is 2.36. The number of sulfone groups is 1. The Morgan fingerprint density at radius 1 is 1.07 bits per heavy atom. The second kappa shape index (κ2) is 7.47. The molecule has 0 spiro atoms. The fraction of sp³-hybridized carbons (Fsp3) is 0.625. The van der Waals surface area contributed by atoms with Gasteiger partial charge in [-0.05, 0) is 51.8 Å². The molecule has 0 amide bonds. The van der Waals surface area contributed by atoms with Crippen LogP contribution in [-0.4, -0.2) is 51.9 Å². The van der Waals surface area contributed by atoms with Crippen LogP contribution in [0.2, 0.25) is 0 Å². The van der Waals surface area contributed by atoms with Crippen LogP contribution in [0.4, 0.5) is 18.9 Å². The van der Waals surface area contributed by atoms with Gasteiger partial charge in [0.25, 0.3) is 9.84 Å². The zero-order valence-electron chi connectivity index (χ0n) is 15.7. The first-order chi connectivity index (χ1) is 12.5. The molecule has 0 atom stereocenters. The molecule has 1 aromatic rings. The highest BCUT2D eigenvalue weighted by Gasteiger charge is 2.48. The van der Waals surface area contributed by atoms with Crippen molar-refractivity contribution in [2.24, 2.45) is 5.14 Å². The third kappa shape index (κ3) is 4.97. The minimum Gasteiger partial charge on any atom is -0.381 e. The Bertz CT molecular complexity index is 931. The number of sulfonamides is 1. The molecule has 28 heavy (non-hydrogen) atoms. The zero-order chi connectivity index (χ0) is 21.5. The van der Waals surface area contributed by atoms with Crippen LogP contribution in [0.1, 0.15) is 33.6 Å². The highest BCUT2D eigenvalue weighted by molar-refractivity contribution is 7.92. The van der Waals surface area contributed by atoms with Crippen LogP contribution in [-0.2, 0) is 19.9 Å². The molecule has 3 N–H and O–H groups in total. The Morgan fingerprint density at radius 3 is 2.04 bits per heavy atom. The Kier molecular flexibility index (Phi) is 6.11. The Morgan fingerprint density at radius 2 is 1.61 bits per heavy atom. The molecule has 1 fully saturated rings. The molecule has 1 heterocycles. The van der Waals surface area contributed by atoms with Crippen molar-refractivity contribution < 1.29 is 30.0 Å². The number of primary sulfonamides is 1. The molecule has 1 aromatic carbocycles. The number of nitrogens with one attached hydrogen (secondary N) is 1. The van der Waals surface area contributed by atoms with Crippen LogP contribution >= 0.6 is 0 Å². The van der Waals surface area contributed by atoms with Crippen molar-refractivity contribution in [2.45, 2.75) is 60.5 Å². The predicted octanol–water partition coefficient (Wildman–Crippen LogP) is 2.30. The lowest BCUT2D eigenvalue weighted by molar-refractivity contribution is -0.0435. The molecule has 0 bridgehead atoms. The van der Waals surface area contributed by atoms with E-state index in [-0.39, 0.29) is 17.3 Å². The van der Waals surface area contributed by atoms with E-state index >= 15 is 0 Å². The normalized spacial score (nSPS) is 18.2. The number of halogens is 3. The van der Waals surface area contributed by atoms with Gasteiger partial charge >= 0.3 is 5.51 Å². The first-order valence-electron chi connectivity index (χ1n) is 8.53. The summed E-state index contributed by atoms with van der Waals surface area (Å²) < 4.78 is 86.1. The van der Waals surface area contributed by atoms with E-state index in [4.69, 9.17) is 5.14 Å². The van der Waals surface area contributed by atoms with Gasteiger partial charge in [-0.15, -0.1) is 0 Å². The number of hydrogen-bond donors (Lipinski definition) is 2. The van der Waals surface area contributed by atoms with E-state index in [9.17, 15) is 30.0 Å². The maximum atomic E-state index is 13.1. The number of nitrogens with zero attached hydrogens (tertiary/aromatic N) is 1. The van der Waals surface area contributed by atoms with Gasteiger partial charge in [-0.25, -0.2) is 22.0 Å². The van der Waals surface area contributed by atoms with Gasteiger partial charge in [-0.3, -0.25) is 4.90 Å². The SMILES string of the molecule is CC(C)(C)N1CCC(Nc2ccc(S(N)(=O)=O)cc2S(=O)(=O)C(F)(F)F)CC1. The minimum atomic E-state index is -5.77. The zero-order valence-corrected chi connectivity index (χ0v) is 17.4. The molecule has 0 unspecified atom stereocenters. The summed E-state index contributed by atoms with van der Waals surface area (Å²) in [5, 5.41) is 7.78. The summed E-state index contributed by atoms with van der Waals surface area (Å²) in [6.45, 7) is 7.55. The van der Waals surface area contributed by atoms with Crippen LogP contribution in [0.15, 0.2) is 28.0 Å². The molecule has 1 saturated heterocycles. The van der Waals surface area contributed by atoms with Gasteiger partial charge in [0.1, 0.15) is 4.90 Å². The van der Waals surface area contributed by atoms with Gasteiger partial charge < -0.3 is 5.32 Å². The van der Waals surface area contributed by atoms with Crippen molar-refractivity contribution in [3.63, 3.8) is 0 Å². The standard InChI is InChI=1S/C16H24F3N3O4S2/c1-15(2,3)22-8-6-11(7-9-22)21-13-5-4-12(28(20,25)26)10-14(13)27(23,24)16(17,18)19/h4-5,10-11,21H,6-9H2,1-3H3,(H2,20,25,26). The molecule has 0 saturated carbocycles. The molecule has 1 aliphatic heterocycles. The second-order valence-corrected chi connectivity index (χ2v) is 11.2. The van der Waals surface area contributed by atoms with Gasteiger partial charge in [0.05, 0.1) is 10.6 Å². The highest BCUT2D eigenvalue weighted by atomic mass is 32.2. The minimum absolute atomic E-state index is 0.0487. The fourth-order valence-electron chi connectivity index (χ4n) is 3.06. The number of rotatable bonds is 4. The van der Waals surface area contributed by atoms with Gasteiger partial charge in [-0.2, -0.15) is 13.2 Å². The topological polar surface area (TPSA) is 110 Å². The Balaban J connectivity index is 2.37. The molecule has 2 rings (SSSR count). The van der Waals surface area contributed by atoms with E-state index in [1.165, 1.54) is 0 Å². The van der Waals surface area contributed by atoms with E-state index < -0.39 is 35.2 Å². The number of hydrogen-bond acceptors (Lipinski definition) is 6. The van der Waals surface area contributed by atoms with Gasteiger partial charge in [-0.1, -0.05) is 0 Å². The van der Waals surface area contributed by atoms with Crippen LogP contribution in [0.3, 0.4) is 0 Å². The smallest absolute Gasteiger partial charge is 0.381 e. The molecule has 160 valence electrons. The molecular weight excluding hydrogens is 419 g/mol.